The minimum absolute atomic E-state index is 0.828. The van der Waals surface area contributed by atoms with Crippen molar-refractivity contribution in [3.8, 4) is 0 Å². The highest BCUT2D eigenvalue weighted by Gasteiger charge is 1.68. The second kappa shape index (κ2) is 7.01. The maximum atomic E-state index is 3.92. The third kappa shape index (κ3) is 7.01. The summed E-state index contributed by atoms with van der Waals surface area (Å²) >= 11 is 0. The quantitative estimate of drug-likeness (QED) is 0.399. The molecule has 3 nitrogen and oxygen atoms in total. The highest BCUT2D eigenvalue weighted by molar-refractivity contribution is 5.73. The van der Waals surface area contributed by atoms with E-state index in [1.165, 1.54) is 12.7 Å². The topological polar surface area (TPSA) is 37.1 Å². The van der Waals surface area contributed by atoms with Gasteiger partial charge in [-0.25, -0.2) is 4.99 Å². The minimum atomic E-state index is 0.828. The first kappa shape index (κ1) is 8.01. The van der Waals surface area contributed by atoms with E-state index in [1.807, 2.05) is 0 Å². The second-order valence-corrected chi connectivity index (χ2v) is 1.47. The molecule has 0 saturated carbocycles. The summed E-state index contributed by atoms with van der Waals surface area (Å²) in [6.07, 6.45) is 3.89. The molecule has 0 aliphatic carbocycles. The summed E-state index contributed by atoms with van der Waals surface area (Å²) in [5.74, 6) is 0. The van der Waals surface area contributed by atoms with Crippen molar-refractivity contribution < 1.29 is 0 Å². The Morgan fingerprint density at radius 2 is 2.22 bits per heavy atom. The lowest BCUT2D eigenvalue weighted by Gasteiger charge is -1.79. The average molecular weight is 125 g/mol. The standard InChI is InChI=1S/C6H11N3/c1-3-4-8-6-9-5-7-2/h5-6H,2-4H2,1H3. The fourth-order valence-corrected chi connectivity index (χ4v) is 0.311. The van der Waals surface area contributed by atoms with E-state index in [0.29, 0.717) is 0 Å². The molecule has 0 aromatic heterocycles. The van der Waals surface area contributed by atoms with E-state index in [1.54, 1.807) is 0 Å². The summed E-state index contributed by atoms with van der Waals surface area (Å²) in [5, 5.41) is 0. The lowest BCUT2D eigenvalue weighted by atomic mass is 10.5. The summed E-state index contributed by atoms with van der Waals surface area (Å²) in [6, 6.07) is 0. The van der Waals surface area contributed by atoms with Crippen LogP contribution >= 0.6 is 0 Å². The van der Waals surface area contributed by atoms with Crippen molar-refractivity contribution in [2.45, 2.75) is 13.3 Å². The molecule has 0 amide bonds. The Kier molecular flexibility index (Phi) is 6.24. The van der Waals surface area contributed by atoms with Gasteiger partial charge >= 0.3 is 0 Å². The van der Waals surface area contributed by atoms with Gasteiger partial charge in [0.25, 0.3) is 0 Å². The highest BCUT2D eigenvalue weighted by atomic mass is 14.9. The first-order valence-corrected chi connectivity index (χ1v) is 2.87. The third-order valence-corrected chi connectivity index (χ3v) is 0.649. The predicted octanol–water partition coefficient (Wildman–Crippen LogP) is 1.15. The van der Waals surface area contributed by atoms with Crippen LogP contribution in [-0.2, 0) is 0 Å². The van der Waals surface area contributed by atoms with Gasteiger partial charge in [0.1, 0.15) is 12.7 Å². The van der Waals surface area contributed by atoms with Crippen molar-refractivity contribution in [1.82, 2.24) is 0 Å². The van der Waals surface area contributed by atoms with Crippen LogP contribution in [0.25, 0.3) is 0 Å². The van der Waals surface area contributed by atoms with Crippen molar-refractivity contribution in [3.05, 3.63) is 0 Å². The number of hydrogen-bond donors (Lipinski definition) is 0. The van der Waals surface area contributed by atoms with Gasteiger partial charge in [-0.15, -0.1) is 0 Å². The van der Waals surface area contributed by atoms with Crippen LogP contribution in [0, 0.1) is 0 Å². The zero-order chi connectivity index (χ0) is 6.95. The molecule has 0 heterocycles. The van der Waals surface area contributed by atoms with Crippen LogP contribution in [0.5, 0.6) is 0 Å². The molecule has 0 spiro atoms. The summed E-state index contributed by atoms with van der Waals surface area (Å²) in [4.78, 5) is 11.0. The van der Waals surface area contributed by atoms with Gasteiger partial charge in [-0.2, -0.15) is 0 Å². The Balaban J connectivity index is 3.23. The average Bonchev–Trinajstić information content (AvgIpc) is 1.89. The normalized spacial score (nSPS) is 11.2. The molecule has 0 unspecified atom stereocenters. The Morgan fingerprint density at radius 3 is 2.78 bits per heavy atom. The van der Waals surface area contributed by atoms with E-state index < -0.39 is 0 Å². The monoisotopic (exact) mass is 125 g/mol. The van der Waals surface area contributed by atoms with Crippen LogP contribution in [0.1, 0.15) is 13.3 Å². The Hall–Kier alpha value is -0.990. The largest absolute Gasteiger partial charge is 0.273 e. The highest BCUT2D eigenvalue weighted by Crippen LogP contribution is 1.74. The molecule has 0 aromatic rings. The molecule has 0 rings (SSSR count). The SMILES string of the molecule is C=NC=NC=NCCC. The van der Waals surface area contributed by atoms with Gasteiger partial charge in [0.2, 0.25) is 0 Å². The molecule has 0 aliphatic rings. The van der Waals surface area contributed by atoms with Crippen molar-refractivity contribution in [1.29, 1.82) is 0 Å². The molecule has 3 heteroatoms. The first-order valence-electron chi connectivity index (χ1n) is 2.87. The molecule has 0 radical (unpaired) electrons. The van der Waals surface area contributed by atoms with Crippen LogP contribution in [0.2, 0.25) is 0 Å². The zero-order valence-electron chi connectivity index (χ0n) is 5.62. The number of aliphatic imine (C=N–C) groups is 3. The second-order valence-electron chi connectivity index (χ2n) is 1.47. The fourth-order valence-electron chi connectivity index (χ4n) is 0.311. The molecule has 0 saturated heterocycles. The Morgan fingerprint density at radius 1 is 1.44 bits per heavy atom. The summed E-state index contributed by atoms with van der Waals surface area (Å²) in [7, 11) is 0. The van der Waals surface area contributed by atoms with Crippen LogP contribution < -0.4 is 0 Å². The molecule has 0 bridgehead atoms. The van der Waals surface area contributed by atoms with E-state index in [4.69, 9.17) is 0 Å². The number of nitrogens with zero attached hydrogens (tertiary/aromatic N) is 3. The molecule has 0 aromatic carbocycles. The molecule has 9 heavy (non-hydrogen) atoms. The van der Waals surface area contributed by atoms with Crippen LogP contribution in [0.4, 0.5) is 0 Å². The van der Waals surface area contributed by atoms with Crippen LogP contribution in [-0.4, -0.2) is 25.9 Å². The lowest BCUT2D eigenvalue weighted by molar-refractivity contribution is 0.935. The van der Waals surface area contributed by atoms with E-state index in [0.717, 1.165) is 13.0 Å². The molecule has 0 N–H and O–H groups in total. The lowest BCUT2D eigenvalue weighted by Crippen LogP contribution is -1.75. The number of rotatable bonds is 4. The fraction of sp³-hybridized carbons (Fsp3) is 0.500. The summed E-state index contributed by atoms with van der Waals surface area (Å²) < 4.78 is 0. The minimum Gasteiger partial charge on any atom is -0.273 e. The van der Waals surface area contributed by atoms with E-state index >= 15 is 0 Å². The van der Waals surface area contributed by atoms with Crippen molar-refractivity contribution in [2.24, 2.45) is 15.0 Å². The van der Waals surface area contributed by atoms with Gasteiger partial charge in [-0.1, -0.05) is 6.92 Å². The van der Waals surface area contributed by atoms with Gasteiger partial charge in [0, 0.05) is 6.54 Å². The maximum absolute atomic E-state index is 3.92. The molecular weight excluding hydrogens is 114 g/mol. The summed E-state index contributed by atoms with van der Waals surface area (Å²) in [5.41, 5.74) is 0. The smallest absolute Gasteiger partial charge is 0.116 e. The maximum Gasteiger partial charge on any atom is 0.116 e. The predicted molar refractivity (Wildman–Crippen MR) is 41.7 cm³/mol. The van der Waals surface area contributed by atoms with Crippen LogP contribution in [0.3, 0.4) is 0 Å². The molecule has 0 atom stereocenters. The van der Waals surface area contributed by atoms with E-state index in [-0.39, 0.29) is 0 Å². The Labute approximate surface area is 55.2 Å². The number of hydrogen-bond acceptors (Lipinski definition) is 1. The zero-order valence-corrected chi connectivity index (χ0v) is 5.62. The van der Waals surface area contributed by atoms with Crippen LogP contribution in [0.15, 0.2) is 15.0 Å². The van der Waals surface area contributed by atoms with Gasteiger partial charge < -0.3 is 0 Å². The summed E-state index contributed by atoms with van der Waals surface area (Å²) in [6.45, 7) is 6.11. The first-order chi connectivity index (χ1) is 4.41. The van der Waals surface area contributed by atoms with Gasteiger partial charge in [0.05, 0.1) is 0 Å². The molecule has 0 fully saturated rings. The van der Waals surface area contributed by atoms with Crippen molar-refractivity contribution in [2.75, 3.05) is 6.54 Å². The molecule has 0 aliphatic heterocycles. The Bertz CT molecular complexity index is 115. The van der Waals surface area contributed by atoms with Gasteiger partial charge in [-0.3, -0.25) is 9.98 Å². The van der Waals surface area contributed by atoms with E-state index in [9.17, 15) is 0 Å². The van der Waals surface area contributed by atoms with E-state index in [2.05, 4.69) is 28.6 Å². The van der Waals surface area contributed by atoms with Gasteiger partial charge in [0.15, 0.2) is 0 Å². The van der Waals surface area contributed by atoms with Gasteiger partial charge in [-0.05, 0) is 13.1 Å². The molecular formula is C6H11N3. The third-order valence-electron chi connectivity index (χ3n) is 0.649. The van der Waals surface area contributed by atoms with Crippen molar-refractivity contribution in [3.63, 3.8) is 0 Å². The van der Waals surface area contributed by atoms with Crippen molar-refractivity contribution >= 4 is 19.4 Å². The molecule has 50 valence electrons.